The lowest BCUT2D eigenvalue weighted by molar-refractivity contribution is 0.102. The lowest BCUT2D eigenvalue weighted by atomic mass is 10.2. The van der Waals surface area contributed by atoms with Gasteiger partial charge in [0.15, 0.2) is 16.6 Å². The highest BCUT2D eigenvalue weighted by molar-refractivity contribution is 9.10. The molecule has 1 aromatic carbocycles. The van der Waals surface area contributed by atoms with E-state index in [0.29, 0.717) is 33.3 Å². The number of amides is 1. The van der Waals surface area contributed by atoms with Crippen molar-refractivity contribution in [2.24, 2.45) is 0 Å². The van der Waals surface area contributed by atoms with Crippen molar-refractivity contribution in [1.82, 2.24) is 4.98 Å². The Kier molecular flexibility index (Phi) is 5.79. The molecule has 1 N–H and O–H groups in total. The zero-order valence-corrected chi connectivity index (χ0v) is 15.0. The van der Waals surface area contributed by atoms with E-state index in [4.69, 9.17) is 9.47 Å². The summed E-state index contributed by atoms with van der Waals surface area (Å²) in [7, 11) is 1.55. The Morgan fingerprint density at radius 3 is 2.82 bits per heavy atom. The smallest absolute Gasteiger partial charge is 0.257 e. The van der Waals surface area contributed by atoms with E-state index < -0.39 is 0 Å². The third-order valence-corrected chi connectivity index (χ3v) is 4.20. The van der Waals surface area contributed by atoms with Crippen molar-refractivity contribution in [3.05, 3.63) is 33.2 Å². The molecule has 1 aromatic heterocycles. The van der Waals surface area contributed by atoms with Gasteiger partial charge in [-0.05, 0) is 41.4 Å². The lowest BCUT2D eigenvalue weighted by Gasteiger charge is -2.13. The number of methoxy groups -OCH3 is 1. The van der Waals surface area contributed by atoms with Crippen molar-refractivity contribution in [2.75, 3.05) is 19.0 Å². The second-order valence-electron chi connectivity index (χ2n) is 4.57. The molecule has 0 unspecified atom stereocenters. The van der Waals surface area contributed by atoms with Crippen molar-refractivity contribution in [1.29, 1.82) is 0 Å². The molecular formula is C15H17BrN2O3S. The number of rotatable bonds is 6. The number of thiazole rings is 1. The summed E-state index contributed by atoms with van der Waals surface area (Å²) in [6, 6.07) is 3.37. The van der Waals surface area contributed by atoms with Crippen molar-refractivity contribution in [3.8, 4) is 11.5 Å². The minimum absolute atomic E-state index is 0.240. The van der Waals surface area contributed by atoms with Gasteiger partial charge in [0.1, 0.15) is 0 Å². The molecule has 1 amide bonds. The average molecular weight is 385 g/mol. The van der Waals surface area contributed by atoms with Gasteiger partial charge in [-0.25, -0.2) is 4.98 Å². The Morgan fingerprint density at radius 1 is 1.45 bits per heavy atom. The van der Waals surface area contributed by atoms with Crippen LogP contribution in [0, 0.1) is 6.92 Å². The van der Waals surface area contributed by atoms with E-state index in [1.807, 2.05) is 13.8 Å². The molecule has 0 atom stereocenters. The molecule has 118 valence electrons. The van der Waals surface area contributed by atoms with Gasteiger partial charge >= 0.3 is 0 Å². The molecule has 0 spiro atoms. The van der Waals surface area contributed by atoms with E-state index in [0.717, 1.165) is 11.3 Å². The van der Waals surface area contributed by atoms with Crippen LogP contribution in [0.15, 0.2) is 22.8 Å². The van der Waals surface area contributed by atoms with E-state index in [1.165, 1.54) is 11.3 Å². The second kappa shape index (κ2) is 7.60. The molecule has 0 saturated carbocycles. The Labute approximate surface area is 141 Å². The Bertz CT molecular complexity index is 673. The van der Waals surface area contributed by atoms with Gasteiger partial charge in [0.2, 0.25) is 0 Å². The summed E-state index contributed by atoms with van der Waals surface area (Å²) in [5, 5.41) is 3.34. The highest BCUT2D eigenvalue weighted by Gasteiger charge is 2.16. The number of hydrogen-bond donors (Lipinski definition) is 1. The molecule has 0 saturated heterocycles. The molecule has 7 heteroatoms. The molecule has 5 nitrogen and oxygen atoms in total. The number of carbonyl (C=O) groups excluding carboxylic acids is 1. The SMILES string of the molecule is CCCOc1c(Br)cc(C(=O)Nc2ncc(C)s2)cc1OC. The maximum atomic E-state index is 12.3. The van der Waals surface area contributed by atoms with Crippen molar-refractivity contribution in [2.45, 2.75) is 20.3 Å². The monoisotopic (exact) mass is 384 g/mol. The van der Waals surface area contributed by atoms with Gasteiger partial charge in [0.05, 0.1) is 18.2 Å². The molecule has 0 aliphatic carbocycles. The Hall–Kier alpha value is -1.60. The van der Waals surface area contributed by atoms with Crippen LogP contribution in [0.5, 0.6) is 11.5 Å². The number of aryl methyl sites for hydroxylation is 1. The van der Waals surface area contributed by atoms with Crippen LogP contribution >= 0.6 is 27.3 Å². The fourth-order valence-electron chi connectivity index (χ4n) is 1.78. The highest BCUT2D eigenvalue weighted by atomic mass is 79.9. The molecule has 0 aliphatic rings. The first kappa shape index (κ1) is 16.8. The van der Waals surface area contributed by atoms with Crippen LogP contribution in [0.25, 0.3) is 0 Å². The van der Waals surface area contributed by atoms with Crippen LogP contribution in [0.3, 0.4) is 0 Å². The molecule has 0 aliphatic heterocycles. The summed E-state index contributed by atoms with van der Waals surface area (Å²) >= 11 is 4.86. The number of carbonyl (C=O) groups is 1. The fraction of sp³-hybridized carbons (Fsp3) is 0.333. The number of aromatic nitrogens is 1. The highest BCUT2D eigenvalue weighted by Crippen LogP contribution is 2.37. The van der Waals surface area contributed by atoms with Crippen LogP contribution in [0.2, 0.25) is 0 Å². The predicted molar refractivity (Wildman–Crippen MR) is 91.3 cm³/mol. The van der Waals surface area contributed by atoms with Gasteiger partial charge in [0.25, 0.3) is 5.91 Å². The molecule has 0 radical (unpaired) electrons. The normalized spacial score (nSPS) is 10.4. The third-order valence-electron chi connectivity index (χ3n) is 2.78. The van der Waals surface area contributed by atoms with E-state index in [1.54, 1.807) is 25.4 Å². The second-order valence-corrected chi connectivity index (χ2v) is 6.66. The minimum Gasteiger partial charge on any atom is -0.493 e. The summed E-state index contributed by atoms with van der Waals surface area (Å²) in [6.45, 7) is 4.55. The van der Waals surface area contributed by atoms with Crippen LogP contribution in [0.4, 0.5) is 5.13 Å². The van der Waals surface area contributed by atoms with Gasteiger partial charge in [-0.15, -0.1) is 11.3 Å². The summed E-state index contributed by atoms with van der Waals surface area (Å²) in [6.07, 6.45) is 2.61. The summed E-state index contributed by atoms with van der Waals surface area (Å²) in [5.41, 5.74) is 0.473. The fourth-order valence-corrected chi connectivity index (χ4v) is 2.99. The zero-order chi connectivity index (χ0) is 16.1. The van der Waals surface area contributed by atoms with Gasteiger partial charge in [-0.3, -0.25) is 10.1 Å². The van der Waals surface area contributed by atoms with Gasteiger partial charge in [-0.1, -0.05) is 6.92 Å². The maximum Gasteiger partial charge on any atom is 0.257 e. The van der Waals surface area contributed by atoms with Crippen molar-refractivity contribution >= 4 is 38.3 Å². The van der Waals surface area contributed by atoms with Crippen LogP contribution < -0.4 is 14.8 Å². The lowest BCUT2D eigenvalue weighted by Crippen LogP contribution is -2.12. The van der Waals surface area contributed by atoms with Gasteiger partial charge in [-0.2, -0.15) is 0 Å². The number of hydrogen-bond acceptors (Lipinski definition) is 5. The predicted octanol–water partition coefficient (Wildman–Crippen LogP) is 4.26. The number of nitrogens with one attached hydrogen (secondary N) is 1. The van der Waals surface area contributed by atoms with Crippen LogP contribution in [0.1, 0.15) is 28.6 Å². The Balaban J connectivity index is 2.23. The number of anilines is 1. The van der Waals surface area contributed by atoms with Gasteiger partial charge < -0.3 is 9.47 Å². The van der Waals surface area contributed by atoms with Gasteiger partial charge in [0, 0.05) is 16.6 Å². The molecule has 1 heterocycles. The molecule has 2 aromatic rings. The molecule has 22 heavy (non-hydrogen) atoms. The largest absolute Gasteiger partial charge is 0.493 e. The number of benzene rings is 1. The summed E-state index contributed by atoms with van der Waals surface area (Å²) in [5.74, 6) is 0.879. The summed E-state index contributed by atoms with van der Waals surface area (Å²) < 4.78 is 11.7. The number of ether oxygens (including phenoxy) is 2. The van der Waals surface area contributed by atoms with E-state index in [9.17, 15) is 4.79 Å². The molecular weight excluding hydrogens is 368 g/mol. The summed E-state index contributed by atoms with van der Waals surface area (Å²) in [4.78, 5) is 17.5. The van der Waals surface area contributed by atoms with E-state index in [2.05, 4.69) is 26.2 Å². The first-order valence-corrected chi connectivity index (χ1v) is 8.40. The van der Waals surface area contributed by atoms with Crippen molar-refractivity contribution in [3.63, 3.8) is 0 Å². The zero-order valence-electron chi connectivity index (χ0n) is 12.6. The first-order chi connectivity index (χ1) is 10.5. The quantitative estimate of drug-likeness (QED) is 0.807. The van der Waals surface area contributed by atoms with Crippen LogP contribution in [-0.2, 0) is 0 Å². The topological polar surface area (TPSA) is 60.5 Å². The molecule has 0 bridgehead atoms. The molecule has 2 rings (SSSR count). The number of nitrogens with zero attached hydrogens (tertiary/aromatic N) is 1. The van der Waals surface area contributed by atoms with E-state index >= 15 is 0 Å². The first-order valence-electron chi connectivity index (χ1n) is 6.79. The van der Waals surface area contributed by atoms with Crippen molar-refractivity contribution < 1.29 is 14.3 Å². The van der Waals surface area contributed by atoms with E-state index in [-0.39, 0.29) is 5.91 Å². The standard InChI is InChI=1S/C15H17BrN2O3S/c1-4-5-21-13-11(16)6-10(7-12(13)20-3)14(19)18-15-17-8-9(2)22-15/h6-8H,4-5H2,1-3H3,(H,17,18,19). The average Bonchev–Trinajstić information content (AvgIpc) is 2.90. The minimum atomic E-state index is -0.240. The number of halogens is 1. The van der Waals surface area contributed by atoms with Crippen LogP contribution in [-0.4, -0.2) is 24.6 Å². The molecule has 0 fully saturated rings. The third kappa shape index (κ3) is 3.98. The Morgan fingerprint density at radius 2 is 2.23 bits per heavy atom. The maximum absolute atomic E-state index is 12.3.